The van der Waals surface area contributed by atoms with Gasteiger partial charge < -0.3 is 24.3 Å². The average molecular weight is 488 g/mol. The van der Waals surface area contributed by atoms with E-state index in [4.69, 9.17) is 30.5 Å². The fraction of sp³-hybridized carbons (Fsp3) is 0.519. The van der Waals surface area contributed by atoms with Crippen molar-refractivity contribution in [2.75, 3.05) is 6.54 Å². The Balaban J connectivity index is 1.59. The lowest BCUT2D eigenvalue weighted by Crippen LogP contribution is -2.60. The molecule has 1 amide bonds. The molecule has 0 spiro atoms. The van der Waals surface area contributed by atoms with E-state index in [9.17, 15) is 4.79 Å². The Hall–Kier alpha value is -1.96. The molecule has 34 heavy (non-hydrogen) atoms. The summed E-state index contributed by atoms with van der Waals surface area (Å²) in [7, 11) is 0. The van der Waals surface area contributed by atoms with Crippen molar-refractivity contribution in [2.45, 2.75) is 83.5 Å². The van der Waals surface area contributed by atoms with Gasteiger partial charge in [-0.05, 0) is 51.0 Å². The first-order valence-electron chi connectivity index (χ1n) is 11.9. The highest BCUT2D eigenvalue weighted by Gasteiger charge is 2.57. The van der Waals surface area contributed by atoms with Gasteiger partial charge in [0, 0.05) is 24.4 Å². The number of ether oxygens (including phenoxy) is 4. The Bertz CT molecular complexity index is 1010. The van der Waals surface area contributed by atoms with Gasteiger partial charge in [0.05, 0.1) is 25.4 Å². The highest BCUT2D eigenvalue weighted by molar-refractivity contribution is 6.30. The minimum absolute atomic E-state index is 0.147. The molecule has 2 aliphatic rings. The number of hydrogen-bond donors (Lipinski definition) is 1. The van der Waals surface area contributed by atoms with E-state index in [1.54, 1.807) is 0 Å². The summed E-state index contributed by atoms with van der Waals surface area (Å²) in [4.78, 5) is 13.4. The number of hydrogen-bond acceptors (Lipinski definition) is 5. The van der Waals surface area contributed by atoms with Crippen LogP contribution in [0.2, 0.25) is 5.02 Å². The molecule has 2 fully saturated rings. The molecule has 6 nitrogen and oxygen atoms in total. The van der Waals surface area contributed by atoms with Gasteiger partial charge in [0.25, 0.3) is 5.91 Å². The summed E-state index contributed by atoms with van der Waals surface area (Å²) in [6, 6.07) is 15.7. The Kier molecular flexibility index (Phi) is 7.65. The third-order valence-corrected chi connectivity index (χ3v) is 6.59. The molecule has 1 heterocycles. The van der Waals surface area contributed by atoms with Crippen molar-refractivity contribution in [3.8, 4) is 0 Å². The van der Waals surface area contributed by atoms with Crippen LogP contribution in [0.25, 0.3) is 0 Å². The van der Waals surface area contributed by atoms with Crippen LogP contribution in [0, 0.1) is 6.92 Å². The van der Waals surface area contributed by atoms with Gasteiger partial charge in [0.1, 0.15) is 6.10 Å². The maximum atomic E-state index is 13.4. The first-order valence-corrected chi connectivity index (χ1v) is 12.3. The van der Waals surface area contributed by atoms with Gasteiger partial charge in [-0.15, -0.1) is 0 Å². The van der Waals surface area contributed by atoms with E-state index < -0.39 is 11.4 Å². The second-order valence-corrected chi connectivity index (χ2v) is 10.1. The predicted octanol–water partition coefficient (Wildman–Crippen LogP) is 4.94. The largest absolute Gasteiger partial charge is 0.371 e. The Morgan fingerprint density at radius 3 is 2.53 bits per heavy atom. The number of halogens is 1. The van der Waals surface area contributed by atoms with Crippen LogP contribution >= 0.6 is 11.6 Å². The number of fused-ring (bicyclic) bond motifs is 1. The summed E-state index contributed by atoms with van der Waals surface area (Å²) >= 11 is 6.15. The molecule has 1 saturated carbocycles. The molecular weight excluding hydrogens is 454 g/mol. The first kappa shape index (κ1) is 25.1. The van der Waals surface area contributed by atoms with Crippen LogP contribution in [0.5, 0.6) is 0 Å². The van der Waals surface area contributed by atoms with E-state index in [0.717, 1.165) is 16.7 Å². The van der Waals surface area contributed by atoms with Gasteiger partial charge in [-0.1, -0.05) is 53.6 Å². The summed E-state index contributed by atoms with van der Waals surface area (Å²) in [5.41, 5.74) is 2.03. The molecule has 0 unspecified atom stereocenters. The first-order chi connectivity index (χ1) is 16.2. The summed E-state index contributed by atoms with van der Waals surface area (Å²) in [5, 5.41) is 3.63. The molecule has 1 saturated heterocycles. The predicted molar refractivity (Wildman–Crippen MR) is 130 cm³/mol. The van der Waals surface area contributed by atoms with Gasteiger partial charge in [-0.3, -0.25) is 4.79 Å². The summed E-state index contributed by atoms with van der Waals surface area (Å²) < 4.78 is 25.3. The molecule has 0 aromatic heterocycles. The molecule has 2 aromatic rings. The highest BCUT2D eigenvalue weighted by Crippen LogP contribution is 2.44. The highest BCUT2D eigenvalue weighted by atomic mass is 35.5. The number of benzene rings is 2. The number of carbonyl (C=O) groups is 1. The lowest BCUT2D eigenvalue weighted by molar-refractivity contribution is -0.183. The third kappa shape index (κ3) is 5.81. The molecule has 0 bridgehead atoms. The van der Waals surface area contributed by atoms with Crippen molar-refractivity contribution in [3.05, 3.63) is 70.2 Å². The van der Waals surface area contributed by atoms with Gasteiger partial charge in [0.2, 0.25) is 0 Å². The molecule has 1 aliphatic heterocycles. The maximum absolute atomic E-state index is 13.4. The fourth-order valence-electron chi connectivity index (χ4n) is 4.88. The SMILES string of the molecule is CCNC(=O)[C@@]1(OCc2cccc(C)c2)C[C@@H](OCc2cccc(Cl)c2)[C@@H]2OC(C)(C)O[C@@H]2C1. The number of aryl methyl sites for hydroxylation is 1. The molecular formula is C27H34ClNO5. The summed E-state index contributed by atoms with van der Waals surface area (Å²) in [5.74, 6) is -0.910. The Morgan fingerprint density at radius 1 is 1.09 bits per heavy atom. The van der Waals surface area contributed by atoms with Gasteiger partial charge in [-0.25, -0.2) is 0 Å². The second-order valence-electron chi connectivity index (χ2n) is 9.66. The van der Waals surface area contributed by atoms with Crippen molar-refractivity contribution in [1.82, 2.24) is 5.32 Å². The number of rotatable bonds is 8. The average Bonchev–Trinajstić information content (AvgIpc) is 3.10. The van der Waals surface area contributed by atoms with Gasteiger partial charge in [-0.2, -0.15) is 0 Å². The van der Waals surface area contributed by atoms with E-state index in [1.165, 1.54) is 0 Å². The van der Waals surface area contributed by atoms with Crippen LogP contribution in [0.15, 0.2) is 48.5 Å². The molecule has 4 atom stereocenters. The van der Waals surface area contributed by atoms with Crippen LogP contribution < -0.4 is 5.32 Å². The molecule has 2 aromatic carbocycles. The molecule has 7 heteroatoms. The zero-order valence-electron chi connectivity index (χ0n) is 20.3. The molecule has 4 rings (SSSR count). The standard InChI is InChI=1S/C27H34ClNO5/c1-5-29-25(30)27(32-17-19-9-6-8-18(2)12-19)14-22(24-23(15-27)33-26(3,4)34-24)31-16-20-10-7-11-21(28)13-20/h6-13,22-24H,5,14-17H2,1-4H3,(H,29,30)/t22-,23-,24+,27-/m1/s1. The van der Waals surface area contributed by atoms with Crippen molar-refractivity contribution < 1.29 is 23.7 Å². The van der Waals surface area contributed by atoms with Crippen molar-refractivity contribution in [3.63, 3.8) is 0 Å². The minimum atomic E-state index is -1.09. The fourth-order valence-corrected chi connectivity index (χ4v) is 5.10. The topological polar surface area (TPSA) is 66.0 Å². The van der Waals surface area contributed by atoms with E-state index in [-0.39, 0.29) is 24.2 Å². The number of nitrogens with one attached hydrogen (secondary N) is 1. The number of likely N-dealkylation sites (N-methyl/N-ethyl adjacent to an activating group) is 1. The van der Waals surface area contributed by atoms with Crippen molar-refractivity contribution in [1.29, 1.82) is 0 Å². The van der Waals surface area contributed by atoms with Crippen LogP contribution in [0.3, 0.4) is 0 Å². The van der Waals surface area contributed by atoms with Gasteiger partial charge in [0.15, 0.2) is 11.4 Å². The summed E-state index contributed by atoms with van der Waals surface area (Å²) in [6.45, 7) is 8.91. The Labute approximate surface area is 206 Å². The lowest BCUT2D eigenvalue weighted by Gasteiger charge is -2.43. The normalized spacial score (nSPS) is 27.9. The zero-order chi connectivity index (χ0) is 24.3. The summed E-state index contributed by atoms with van der Waals surface area (Å²) in [6.07, 6.45) is -0.242. The van der Waals surface area contributed by atoms with Crippen LogP contribution in [-0.4, -0.2) is 42.2 Å². The number of amides is 1. The molecule has 0 radical (unpaired) electrons. The number of carbonyl (C=O) groups excluding carboxylic acids is 1. The van der Waals surface area contributed by atoms with E-state index in [0.29, 0.717) is 37.6 Å². The van der Waals surface area contributed by atoms with Crippen molar-refractivity contribution in [2.24, 2.45) is 0 Å². The third-order valence-electron chi connectivity index (χ3n) is 6.35. The second kappa shape index (κ2) is 10.3. The quantitative estimate of drug-likeness (QED) is 0.571. The molecule has 1 aliphatic carbocycles. The van der Waals surface area contributed by atoms with Crippen molar-refractivity contribution >= 4 is 17.5 Å². The Morgan fingerprint density at radius 2 is 1.82 bits per heavy atom. The minimum Gasteiger partial charge on any atom is -0.371 e. The maximum Gasteiger partial charge on any atom is 0.252 e. The van der Waals surface area contributed by atoms with E-state index >= 15 is 0 Å². The van der Waals surface area contributed by atoms with Crippen LogP contribution in [-0.2, 0) is 37.0 Å². The van der Waals surface area contributed by atoms with Crippen LogP contribution in [0.4, 0.5) is 0 Å². The molecule has 184 valence electrons. The monoisotopic (exact) mass is 487 g/mol. The lowest BCUT2D eigenvalue weighted by atomic mass is 9.78. The smallest absolute Gasteiger partial charge is 0.252 e. The van der Waals surface area contributed by atoms with Crippen LogP contribution in [0.1, 0.15) is 50.3 Å². The van der Waals surface area contributed by atoms with Gasteiger partial charge >= 0.3 is 0 Å². The molecule has 1 N–H and O–H groups in total. The van der Waals surface area contributed by atoms with E-state index in [2.05, 4.69) is 11.4 Å². The van der Waals surface area contributed by atoms with E-state index in [1.807, 2.05) is 70.2 Å². The zero-order valence-corrected chi connectivity index (χ0v) is 21.1.